The lowest BCUT2D eigenvalue weighted by atomic mass is 10.1. The molecule has 0 rings (SSSR count). The molecule has 0 aromatic rings. The van der Waals surface area contributed by atoms with Crippen molar-refractivity contribution in [3.63, 3.8) is 0 Å². The van der Waals surface area contributed by atoms with E-state index in [1.54, 1.807) is 41.5 Å². The second-order valence-electron chi connectivity index (χ2n) is 7.29. The molecule has 0 saturated heterocycles. The van der Waals surface area contributed by atoms with Gasteiger partial charge in [0, 0.05) is 0 Å². The van der Waals surface area contributed by atoms with Gasteiger partial charge in [-0.15, -0.1) is 0 Å². The van der Waals surface area contributed by atoms with E-state index in [1.165, 1.54) is 0 Å². The molecule has 0 aromatic heterocycles. The Morgan fingerprint density at radius 1 is 0.654 bits per heavy atom. The number of esters is 2. The van der Waals surface area contributed by atoms with Crippen molar-refractivity contribution in [3.8, 4) is 0 Å². The van der Waals surface area contributed by atoms with Crippen LogP contribution in [0.25, 0.3) is 0 Å². The number of hydrogen-bond acceptors (Lipinski definition) is 8. The number of alkyl carbamates (subject to hydrolysis) is 2. The second-order valence-corrected chi connectivity index (χ2v) is 7.29. The van der Waals surface area contributed by atoms with Gasteiger partial charge in [-0.3, -0.25) is 0 Å². The van der Waals surface area contributed by atoms with Crippen LogP contribution in [0.5, 0.6) is 0 Å². The van der Waals surface area contributed by atoms with Gasteiger partial charge in [0.15, 0.2) is 12.1 Å². The molecule has 0 fully saturated rings. The predicted octanol–water partition coefficient (Wildman–Crippen LogP) is 1.12. The minimum atomic E-state index is -1.59. The Labute approximate surface area is 152 Å². The zero-order chi connectivity index (χ0) is 20.7. The van der Waals surface area contributed by atoms with Crippen molar-refractivity contribution in [2.45, 2.75) is 64.8 Å². The van der Waals surface area contributed by atoms with Gasteiger partial charge in [-0.1, -0.05) is 0 Å². The van der Waals surface area contributed by atoms with Gasteiger partial charge >= 0.3 is 24.1 Å². The van der Waals surface area contributed by atoms with E-state index in [1.807, 2.05) is 0 Å². The number of carbonyl (C=O) groups excluding carboxylic acids is 4. The summed E-state index contributed by atoms with van der Waals surface area (Å²) in [6.07, 6.45) is -1.96. The first-order valence-electron chi connectivity index (χ1n) is 7.85. The molecule has 10 heteroatoms. The average Bonchev–Trinajstić information content (AvgIpc) is 2.45. The second kappa shape index (κ2) is 9.25. The molecule has 0 aromatic carbocycles. The highest BCUT2D eigenvalue weighted by Gasteiger charge is 2.39. The van der Waals surface area contributed by atoms with Crippen molar-refractivity contribution in [2.75, 3.05) is 14.2 Å². The van der Waals surface area contributed by atoms with Crippen LogP contribution in [0.3, 0.4) is 0 Å². The molecule has 0 heterocycles. The van der Waals surface area contributed by atoms with Crippen molar-refractivity contribution in [2.24, 2.45) is 0 Å². The van der Waals surface area contributed by atoms with Gasteiger partial charge < -0.3 is 29.6 Å². The van der Waals surface area contributed by atoms with E-state index in [0.717, 1.165) is 14.2 Å². The maximum Gasteiger partial charge on any atom is 0.408 e. The van der Waals surface area contributed by atoms with Gasteiger partial charge in [0.25, 0.3) is 0 Å². The number of rotatable bonds is 5. The molecule has 0 aliphatic heterocycles. The van der Waals surface area contributed by atoms with Gasteiger partial charge in [0.05, 0.1) is 14.2 Å². The fourth-order valence-electron chi connectivity index (χ4n) is 1.68. The highest BCUT2D eigenvalue weighted by atomic mass is 16.6. The summed E-state index contributed by atoms with van der Waals surface area (Å²) < 4.78 is 19.3. The maximum absolute atomic E-state index is 12.0. The highest BCUT2D eigenvalue weighted by Crippen LogP contribution is 2.10. The summed E-state index contributed by atoms with van der Waals surface area (Å²) in [7, 11) is 2.13. The third kappa shape index (κ3) is 9.09. The lowest BCUT2D eigenvalue weighted by Gasteiger charge is -2.28. The molecule has 0 radical (unpaired) electrons. The molecule has 2 atom stereocenters. The van der Waals surface area contributed by atoms with Crippen LogP contribution in [0.1, 0.15) is 41.5 Å². The first-order chi connectivity index (χ1) is 11.7. The van der Waals surface area contributed by atoms with Crippen LogP contribution in [-0.2, 0) is 28.5 Å². The third-order valence-electron chi connectivity index (χ3n) is 2.59. The number of hydrogen-bond donors (Lipinski definition) is 2. The zero-order valence-corrected chi connectivity index (χ0v) is 16.4. The summed E-state index contributed by atoms with van der Waals surface area (Å²) in [6.45, 7) is 9.73. The molecule has 26 heavy (non-hydrogen) atoms. The fourth-order valence-corrected chi connectivity index (χ4v) is 1.68. The smallest absolute Gasteiger partial charge is 0.408 e. The summed E-state index contributed by atoms with van der Waals surface area (Å²) in [5.41, 5.74) is -1.69. The Morgan fingerprint density at radius 3 is 1.12 bits per heavy atom. The summed E-state index contributed by atoms with van der Waals surface area (Å²) >= 11 is 0. The van der Waals surface area contributed by atoms with Gasteiger partial charge in [-0.2, -0.15) is 0 Å². The third-order valence-corrected chi connectivity index (χ3v) is 2.59. The van der Waals surface area contributed by atoms with E-state index < -0.39 is 47.4 Å². The molecule has 0 bridgehead atoms. The monoisotopic (exact) mass is 376 g/mol. The van der Waals surface area contributed by atoms with E-state index in [9.17, 15) is 19.2 Å². The maximum atomic E-state index is 12.0. The minimum absolute atomic E-state index is 0.843. The lowest BCUT2D eigenvalue weighted by Crippen LogP contribution is -2.60. The summed E-state index contributed by atoms with van der Waals surface area (Å²) in [6, 6.07) is -3.18. The summed E-state index contributed by atoms with van der Waals surface area (Å²) in [5.74, 6) is -1.97. The van der Waals surface area contributed by atoms with Gasteiger partial charge in [-0.05, 0) is 41.5 Å². The Kier molecular flexibility index (Phi) is 8.36. The predicted molar refractivity (Wildman–Crippen MR) is 90.3 cm³/mol. The van der Waals surface area contributed by atoms with E-state index >= 15 is 0 Å². The largest absolute Gasteiger partial charge is 0.467 e. The standard InChI is InChI=1S/C16H28N2O8/c1-15(2,3)25-13(21)17-9(11(19)23-7)10(12(20)24-8)18-14(22)26-16(4,5)6/h9-10H,1-8H3,(H,17,21)(H,18,22)/t9-,10-/m0/s1. The molecule has 0 unspecified atom stereocenters. The number of carbonyl (C=O) groups is 4. The molecule has 0 aliphatic rings. The van der Waals surface area contributed by atoms with Crippen LogP contribution >= 0.6 is 0 Å². The van der Waals surface area contributed by atoms with Crippen LogP contribution in [0.4, 0.5) is 9.59 Å². The number of ether oxygens (including phenoxy) is 4. The zero-order valence-electron chi connectivity index (χ0n) is 16.4. The number of methoxy groups -OCH3 is 2. The first kappa shape index (κ1) is 23.5. The number of nitrogens with one attached hydrogen (secondary N) is 2. The fraction of sp³-hybridized carbons (Fsp3) is 0.750. The molecular weight excluding hydrogens is 348 g/mol. The van der Waals surface area contributed by atoms with Crippen LogP contribution in [0.2, 0.25) is 0 Å². The van der Waals surface area contributed by atoms with Crippen LogP contribution in [0, 0.1) is 0 Å². The van der Waals surface area contributed by atoms with Crippen LogP contribution < -0.4 is 10.6 Å². The SMILES string of the molecule is COC(=O)[C@@H](NC(=O)OC(C)(C)C)[C@H](NC(=O)OC(C)(C)C)C(=O)OC. The summed E-state index contributed by atoms with van der Waals surface area (Å²) in [5, 5.41) is 4.40. The quantitative estimate of drug-likeness (QED) is 0.539. The number of amides is 2. The van der Waals surface area contributed by atoms with E-state index in [4.69, 9.17) is 9.47 Å². The molecule has 0 saturated carbocycles. The van der Waals surface area contributed by atoms with Crippen molar-refractivity contribution in [1.29, 1.82) is 0 Å². The first-order valence-corrected chi connectivity index (χ1v) is 7.85. The molecule has 2 amide bonds. The van der Waals surface area contributed by atoms with E-state index in [-0.39, 0.29) is 0 Å². The minimum Gasteiger partial charge on any atom is -0.467 e. The Bertz CT molecular complexity index is 485. The van der Waals surface area contributed by atoms with Crippen molar-refractivity contribution < 1.29 is 38.1 Å². The van der Waals surface area contributed by atoms with Gasteiger partial charge in [-0.25, -0.2) is 19.2 Å². The van der Waals surface area contributed by atoms with Crippen LogP contribution in [-0.4, -0.2) is 61.6 Å². The topological polar surface area (TPSA) is 129 Å². The highest BCUT2D eigenvalue weighted by molar-refractivity contribution is 5.92. The Balaban J connectivity index is 5.49. The molecule has 10 nitrogen and oxygen atoms in total. The molecule has 2 N–H and O–H groups in total. The normalized spacial score (nSPS) is 13.7. The molecule has 0 aliphatic carbocycles. The molecule has 150 valence electrons. The molecule has 0 spiro atoms. The average molecular weight is 376 g/mol. The Morgan fingerprint density at radius 2 is 0.923 bits per heavy atom. The van der Waals surface area contributed by atoms with E-state index in [0.29, 0.717) is 0 Å². The lowest BCUT2D eigenvalue weighted by molar-refractivity contribution is -0.152. The van der Waals surface area contributed by atoms with Gasteiger partial charge in [0.1, 0.15) is 11.2 Å². The van der Waals surface area contributed by atoms with Gasteiger partial charge in [0.2, 0.25) is 0 Å². The van der Waals surface area contributed by atoms with Crippen LogP contribution in [0.15, 0.2) is 0 Å². The molecular formula is C16H28N2O8. The Hall–Kier alpha value is -2.52. The van der Waals surface area contributed by atoms with Crippen molar-refractivity contribution >= 4 is 24.1 Å². The van der Waals surface area contributed by atoms with Crippen molar-refractivity contribution in [3.05, 3.63) is 0 Å². The van der Waals surface area contributed by atoms with E-state index in [2.05, 4.69) is 20.1 Å². The summed E-state index contributed by atoms with van der Waals surface area (Å²) in [4.78, 5) is 48.1. The van der Waals surface area contributed by atoms with Crippen molar-refractivity contribution in [1.82, 2.24) is 10.6 Å².